The standard InChI is InChI=1S/C12H19NO4S/c1-17-9-4-2-3-8-13-18(15,16)12-7-5-6-11(14)10-12/h5-7,10,13-14H,2-4,8-9H2,1H3. The molecule has 0 aromatic heterocycles. The normalized spacial score (nSPS) is 11.6. The van der Waals surface area contributed by atoms with Gasteiger partial charge < -0.3 is 9.84 Å². The fraction of sp³-hybridized carbons (Fsp3) is 0.500. The molecule has 0 amide bonds. The van der Waals surface area contributed by atoms with Crippen molar-refractivity contribution in [3.63, 3.8) is 0 Å². The molecule has 102 valence electrons. The third-order valence-electron chi connectivity index (χ3n) is 2.45. The van der Waals surface area contributed by atoms with Gasteiger partial charge in [-0.05, 0) is 37.5 Å². The van der Waals surface area contributed by atoms with Crippen molar-refractivity contribution in [3.8, 4) is 5.75 Å². The fourth-order valence-corrected chi connectivity index (χ4v) is 2.60. The first-order valence-corrected chi connectivity index (χ1v) is 7.32. The highest BCUT2D eigenvalue weighted by Gasteiger charge is 2.13. The second-order valence-electron chi connectivity index (χ2n) is 3.95. The molecule has 0 aliphatic heterocycles. The van der Waals surface area contributed by atoms with Crippen LogP contribution in [-0.2, 0) is 14.8 Å². The Labute approximate surface area is 108 Å². The Bertz CT molecular complexity index is 459. The van der Waals surface area contributed by atoms with Crippen molar-refractivity contribution < 1.29 is 18.3 Å². The van der Waals surface area contributed by atoms with Crippen molar-refractivity contribution in [1.29, 1.82) is 0 Å². The molecule has 1 aromatic rings. The van der Waals surface area contributed by atoms with E-state index < -0.39 is 10.0 Å². The predicted octanol–water partition coefficient (Wildman–Crippen LogP) is 1.49. The average molecular weight is 273 g/mol. The molecule has 5 nitrogen and oxygen atoms in total. The van der Waals surface area contributed by atoms with E-state index >= 15 is 0 Å². The molecule has 0 unspecified atom stereocenters. The van der Waals surface area contributed by atoms with Gasteiger partial charge in [-0.1, -0.05) is 6.07 Å². The van der Waals surface area contributed by atoms with Crippen molar-refractivity contribution in [3.05, 3.63) is 24.3 Å². The number of nitrogens with one attached hydrogen (secondary N) is 1. The molecule has 0 bridgehead atoms. The number of sulfonamides is 1. The Balaban J connectivity index is 2.41. The zero-order chi connectivity index (χ0) is 13.4. The van der Waals surface area contributed by atoms with E-state index in [-0.39, 0.29) is 10.6 Å². The van der Waals surface area contributed by atoms with Crippen LogP contribution >= 0.6 is 0 Å². The van der Waals surface area contributed by atoms with E-state index in [4.69, 9.17) is 4.74 Å². The number of unbranched alkanes of at least 4 members (excludes halogenated alkanes) is 2. The van der Waals surface area contributed by atoms with Crippen molar-refractivity contribution in [1.82, 2.24) is 4.72 Å². The number of benzene rings is 1. The lowest BCUT2D eigenvalue weighted by Gasteiger charge is -2.06. The number of rotatable bonds is 8. The van der Waals surface area contributed by atoms with Crippen LogP contribution in [0.2, 0.25) is 0 Å². The summed E-state index contributed by atoms with van der Waals surface area (Å²) in [5, 5.41) is 9.24. The predicted molar refractivity (Wildman–Crippen MR) is 69.0 cm³/mol. The molecule has 18 heavy (non-hydrogen) atoms. The Morgan fingerprint density at radius 2 is 2.06 bits per heavy atom. The van der Waals surface area contributed by atoms with Crippen molar-refractivity contribution in [2.45, 2.75) is 24.2 Å². The van der Waals surface area contributed by atoms with E-state index in [0.29, 0.717) is 13.2 Å². The molecule has 0 aliphatic rings. The van der Waals surface area contributed by atoms with Crippen LogP contribution in [0.5, 0.6) is 5.75 Å². The minimum absolute atomic E-state index is 0.0574. The Hall–Kier alpha value is -1.11. The summed E-state index contributed by atoms with van der Waals surface area (Å²) >= 11 is 0. The molecule has 0 fully saturated rings. The first-order valence-electron chi connectivity index (χ1n) is 5.84. The molecular weight excluding hydrogens is 254 g/mol. The van der Waals surface area contributed by atoms with Crippen molar-refractivity contribution in [2.75, 3.05) is 20.3 Å². The molecule has 0 aliphatic carbocycles. The van der Waals surface area contributed by atoms with Gasteiger partial charge in [-0.15, -0.1) is 0 Å². The molecule has 0 saturated heterocycles. The van der Waals surface area contributed by atoms with E-state index in [2.05, 4.69) is 4.72 Å². The number of ether oxygens (including phenoxy) is 1. The molecule has 0 heterocycles. The third-order valence-corrected chi connectivity index (χ3v) is 3.90. The quantitative estimate of drug-likeness (QED) is 0.704. The molecule has 1 rings (SSSR count). The summed E-state index contributed by atoms with van der Waals surface area (Å²) in [5.41, 5.74) is 0. The third kappa shape index (κ3) is 5.03. The summed E-state index contributed by atoms with van der Waals surface area (Å²) in [6.07, 6.45) is 2.60. The molecule has 0 saturated carbocycles. The first-order chi connectivity index (χ1) is 8.56. The van der Waals surface area contributed by atoms with Crippen LogP contribution in [0.15, 0.2) is 29.2 Å². The molecule has 2 N–H and O–H groups in total. The fourth-order valence-electron chi connectivity index (χ4n) is 1.49. The van der Waals surface area contributed by atoms with Gasteiger partial charge in [0.15, 0.2) is 0 Å². The molecule has 0 spiro atoms. The van der Waals surface area contributed by atoms with E-state index in [1.54, 1.807) is 7.11 Å². The van der Waals surface area contributed by atoms with Gasteiger partial charge in [0.05, 0.1) is 4.90 Å². The van der Waals surface area contributed by atoms with Gasteiger partial charge in [-0.3, -0.25) is 0 Å². The van der Waals surface area contributed by atoms with Gasteiger partial charge in [0.1, 0.15) is 5.75 Å². The monoisotopic (exact) mass is 273 g/mol. The Morgan fingerprint density at radius 1 is 1.28 bits per heavy atom. The van der Waals surface area contributed by atoms with E-state index in [1.165, 1.54) is 24.3 Å². The number of hydrogen-bond donors (Lipinski definition) is 2. The van der Waals surface area contributed by atoms with Crippen LogP contribution in [-0.4, -0.2) is 33.8 Å². The Kier molecular flexibility index (Phi) is 6.11. The average Bonchev–Trinajstić information content (AvgIpc) is 2.33. The topological polar surface area (TPSA) is 75.6 Å². The summed E-state index contributed by atoms with van der Waals surface area (Å²) in [5.74, 6) is -0.0574. The highest BCUT2D eigenvalue weighted by Crippen LogP contribution is 2.15. The maximum absolute atomic E-state index is 11.8. The summed E-state index contributed by atoms with van der Waals surface area (Å²) in [6, 6.07) is 5.62. The molecule has 1 aromatic carbocycles. The first kappa shape index (κ1) is 14.9. The smallest absolute Gasteiger partial charge is 0.240 e. The van der Waals surface area contributed by atoms with Crippen LogP contribution in [0.3, 0.4) is 0 Å². The zero-order valence-electron chi connectivity index (χ0n) is 10.4. The van der Waals surface area contributed by atoms with Crippen LogP contribution < -0.4 is 4.72 Å². The summed E-state index contributed by atoms with van der Waals surface area (Å²) in [4.78, 5) is 0.0828. The summed E-state index contributed by atoms with van der Waals surface area (Å²) in [7, 11) is -1.87. The van der Waals surface area contributed by atoms with Crippen LogP contribution in [0, 0.1) is 0 Å². The lowest BCUT2D eigenvalue weighted by molar-refractivity contribution is 0.192. The van der Waals surface area contributed by atoms with Gasteiger partial charge in [0.2, 0.25) is 10.0 Å². The number of phenols is 1. The lowest BCUT2D eigenvalue weighted by Crippen LogP contribution is -2.24. The van der Waals surface area contributed by atoms with Crippen LogP contribution in [0.1, 0.15) is 19.3 Å². The van der Waals surface area contributed by atoms with E-state index in [1.807, 2.05) is 0 Å². The van der Waals surface area contributed by atoms with Gasteiger partial charge in [-0.2, -0.15) is 0 Å². The maximum Gasteiger partial charge on any atom is 0.240 e. The van der Waals surface area contributed by atoms with Crippen LogP contribution in [0.25, 0.3) is 0 Å². The van der Waals surface area contributed by atoms with Gasteiger partial charge in [0.25, 0.3) is 0 Å². The maximum atomic E-state index is 11.8. The number of hydrogen-bond acceptors (Lipinski definition) is 4. The highest BCUT2D eigenvalue weighted by molar-refractivity contribution is 7.89. The summed E-state index contributed by atoms with van der Waals surface area (Å²) < 4.78 is 31.1. The minimum atomic E-state index is -3.52. The molecule has 0 atom stereocenters. The van der Waals surface area contributed by atoms with Crippen molar-refractivity contribution in [2.24, 2.45) is 0 Å². The van der Waals surface area contributed by atoms with Gasteiger partial charge in [0, 0.05) is 20.3 Å². The number of methoxy groups -OCH3 is 1. The summed E-state index contributed by atoms with van der Waals surface area (Å²) in [6.45, 7) is 1.08. The molecule has 0 radical (unpaired) electrons. The number of phenolic OH excluding ortho intramolecular Hbond substituents is 1. The number of aromatic hydroxyl groups is 1. The van der Waals surface area contributed by atoms with Gasteiger partial charge in [-0.25, -0.2) is 13.1 Å². The van der Waals surface area contributed by atoms with Crippen molar-refractivity contribution >= 4 is 10.0 Å². The molecular formula is C12H19NO4S. The van der Waals surface area contributed by atoms with E-state index in [0.717, 1.165) is 19.3 Å². The minimum Gasteiger partial charge on any atom is -0.508 e. The second-order valence-corrected chi connectivity index (χ2v) is 5.72. The van der Waals surface area contributed by atoms with Crippen LogP contribution in [0.4, 0.5) is 0 Å². The molecule has 6 heteroatoms. The Morgan fingerprint density at radius 3 is 2.72 bits per heavy atom. The lowest BCUT2D eigenvalue weighted by atomic mass is 10.2. The van der Waals surface area contributed by atoms with Gasteiger partial charge >= 0.3 is 0 Å². The SMILES string of the molecule is COCCCCCNS(=O)(=O)c1cccc(O)c1. The second kappa shape index (κ2) is 7.35. The highest BCUT2D eigenvalue weighted by atomic mass is 32.2. The zero-order valence-corrected chi connectivity index (χ0v) is 11.2. The van der Waals surface area contributed by atoms with E-state index in [9.17, 15) is 13.5 Å². The largest absolute Gasteiger partial charge is 0.508 e.